The summed E-state index contributed by atoms with van der Waals surface area (Å²) in [6.07, 6.45) is 0. The second-order valence-corrected chi connectivity index (χ2v) is 1.16. The van der Waals surface area contributed by atoms with Crippen LogP contribution in [-0.4, -0.2) is 8.42 Å². The van der Waals surface area contributed by atoms with Crippen molar-refractivity contribution in [2.24, 2.45) is 5.84 Å². The van der Waals surface area contributed by atoms with Crippen LogP contribution in [0.5, 0.6) is 0 Å². The zero-order chi connectivity index (χ0) is 4.28. The highest BCUT2D eigenvalue weighted by Crippen LogP contribution is 1.27. The minimum absolute atomic E-state index is 1.48. The van der Waals surface area contributed by atoms with Gasteiger partial charge in [-0.25, -0.2) is 8.42 Å². The topological polar surface area (TPSA) is 72.2 Å². The number of hydrogen-bond donors (Lipinski definition) is 3. The van der Waals surface area contributed by atoms with Crippen LogP contribution < -0.4 is 10.7 Å². The molecule has 0 aromatic heterocycles. The number of thiol groups is 1. The van der Waals surface area contributed by atoms with Gasteiger partial charge in [0, 0.05) is 0 Å². The molecule has 0 radical (unpaired) electrons. The molecule has 0 fully saturated rings. The molecule has 0 atom stereocenters. The number of nitrogens with two attached hydrogens (primary N) is 1. The maximum Gasteiger partial charge on any atom is 0.213 e. The van der Waals surface area contributed by atoms with Gasteiger partial charge < -0.3 is 0 Å². The lowest BCUT2D eigenvalue weighted by atomic mass is 13.0. The Kier molecular flexibility index (Phi) is 2.07. The molecular formula is H4N2O2S. The third-order valence-electron chi connectivity index (χ3n) is 0.105. The van der Waals surface area contributed by atoms with Crippen LogP contribution in [0.1, 0.15) is 0 Å². The van der Waals surface area contributed by atoms with E-state index in [1.165, 1.54) is 4.83 Å². The summed E-state index contributed by atoms with van der Waals surface area (Å²) in [5.74, 6) is 4.33. The van der Waals surface area contributed by atoms with E-state index in [-0.39, 0.29) is 0 Å². The molecule has 0 aliphatic heterocycles. The van der Waals surface area contributed by atoms with E-state index >= 15 is 0 Å². The van der Waals surface area contributed by atoms with Gasteiger partial charge in [-0.05, 0) is 0 Å². The van der Waals surface area contributed by atoms with Crippen LogP contribution in [0.4, 0.5) is 0 Å². The Morgan fingerprint density at radius 3 is 1.80 bits per heavy atom. The minimum Gasteiger partial charge on any atom is -0.258 e. The van der Waals surface area contributed by atoms with E-state index in [1.807, 2.05) is 0 Å². The average molecular weight is 96.1 g/mol. The van der Waals surface area contributed by atoms with E-state index < -0.39 is 10.9 Å². The fraction of sp³-hybridized carbons (Fsp3) is 0. The smallest absolute Gasteiger partial charge is 0.213 e. The fourth-order valence-corrected chi connectivity index (χ4v) is 0. The molecule has 0 aromatic carbocycles. The molecule has 0 aromatic rings. The second-order valence-electron chi connectivity index (χ2n) is 0.386. The standard InChI is InChI=1S/H4N2O2S/c1-2-5(3)4/h5H,1H2,(H,2,3,4). The molecule has 0 saturated carbocycles. The number of nitrogens with one attached hydrogen (secondary N) is 1. The summed E-state index contributed by atoms with van der Waals surface area (Å²) in [6, 6.07) is 0. The summed E-state index contributed by atoms with van der Waals surface area (Å²) >= 11 is 0. The molecule has 0 heterocycles. The molecule has 4 nitrogen and oxygen atoms in total. The molecule has 0 spiro atoms. The first kappa shape index (κ1) is 4.87. The second kappa shape index (κ2) is 2.13. The van der Waals surface area contributed by atoms with E-state index in [2.05, 4.69) is 5.84 Å². The van der Waals surface area contributed by atoms with Gasteiger partial charge in [-0.1, -0.05) is 0 Å². The molecule has 3 N–H and O–H groups in total. The van der Waals surface area contributed by atoms with E-state index in [4.69, 9.17) is 8.42 Å². The van der Waals surface area contributed by atoms with Crippen molar-refractivity contribution in [1.82, 2.24) is 4.83 Å². The van der Waals surface area contributed by atoms with Crippen molar-refractivity contribution in [3.05, 3.63) is 0 Å². The zero-order valence-electron chi connectivity index (χ0n) is 2.34. The van der Waals surface area contributed by atoms with Gasteiger partial charge >= 0.3 is 0 Å². The Morgan fingerprint density at radius 2 is 1.80 bits per heavy atom. The van der Waals surface area contributed by atoms with Crippen molar-refractivity contribution in [1.29, 1.82) is 0 Å². The molecule has 0 aliphatic rings. The number of hydrazine groups is 1. The highest BCUT2D eigenvalue weighted by molar-refractivity contribution is 7.70. The first-order valence-electron chi connectivity index (χ1n) is 0.877. The van der Waals surface area contributed by atoms with Crippen LogP contribution >= 0.6 is 0 Å². The molecular weight excluding hydrogens is 92.1 g/mol. The van der Waals surface area contributed by atoms with Crippen LogP contribution in [0.25, 0.3) is 0 Å². The molecule has 0 amide bonds. The first-order valence-corrected chi connectivity index (χ1v) is 2.05. The van der Waals surface area contributed by atoms with Gasteiger partial charge in [0.1, 0.15) is 0 Å². The predicted molar refractivity (Wildman–Crippen MR) is 17.6 cm³/mol. The van der Waals surface area contributed by atoms with E-state index in [1.54, 1.807) is 0 Å². The van der Waals surface area contributed by atoms with E-state index in [0.29, 0.717) is 0 Å². The van der Waals surface area contributed by atoms with Gasteiger partial charge in [-0.15, -0.1) is 0 Å². The Morgan fingerprint density at radius 1 is 1.60 bits per heavy atom. The fourth-order valence-electron chi connectivity index (χ4n) is 0. The molecule has 0 bridgehead atoms. The van der Waals surface area contributed by atoms with Crippen LogP contribution in [-0.2, 0) is 10.9 Å². The Balaban J connectivity index is 3.23. The lowest BCUT2D eigenvalue weighted by Crippen LogP contribution is -2.18. The van der Waals surface area contributed by atoms with Crippen molar-refractivity contribution in [3.8, 4) is 0 Å². The third kappa shape index (κ3) is 3.87. The lowest BCUT2D eigenvalue weighted by molar-refractivity contribution is 0.604. The summed E-state index contributed by atoms with van der Waals surface area (Å²) in [4.78, 5) is 1.48. The minimum atomic E-state index is -2.57. The molecule has 0 aliphatic carbocycles. The normalized spacial score (nSPS) is 9.20. The van der Waals surface area contributed by atoms with Gasteiger partial charge in [-0.2, -0.15) is 4.83 Å². The quantitative estimate of drug-likeness (QED) is 0.200. The highest BCUT2D eigenvalue weighted by Gasteiger charge is 1.59. The van der Waals surface area contributed by atoms with Crippen molar-refractivity contribution < 1.29 is 8.42 Å². The van der Waals surface area contributed by atoms with Gasteiger partial charge in [0.15, 0.2) is 0 Å². The third-order valence-corrected chi connectivity index (χ3v) is 0.316. The molecule has 0 rings (SSSR count). The lowest BCUT2D eigenvalue weighted by Gasteiger charge is -1.68. The first-order chi connectivity index (χ1) is 2.27. The summed E-state index contributed by atoms with van der Waals surface area (Å²) in [5, 5.41) is 0. The Hall–Kier alpha value is -0.130. The van der Waals surface area contributed by atoms with Crippen molar-refractivity contribution in [3.63, 3.8) is 0 Å². The summed E-state index contributed by atoms with van der Waals surface area (Å²) in [5.41, 5.74) is 0. The predicted octanol–water partition coefficient (Wildman–Crippen LogP) is -2.02. The highest BCUT2D eigenvalue weighted by atomic mass is 32.2. The summed E-state index contributed by atoms with van der Waals surface area (Å²) in [7, 11) is -2.57. The van der Waals surface area contributed by atoms with Crippen LogP contribution in [0.2, 0.25) is 0 Å². The van der Waals surface area contributed by atoms with Gasteiger partial charge in [-0.3, -0.25) is 5.84 Å². The Bertz CT molecular complexity index is 65.7. The molecule has 0 saturated heterocycles. The van der Waals surface area contributed by atoms with E-state index in [9.17, 15) is 0 Å². The maximum atomic E-state index is 9.17. The Labute approximate surface area is 31.0 Å². The van der Waals surface area contributed by atoms with Crippen LogP contribution in [0, 0.1) is 0 Å². The van der Waals surface area contributed by atoms with Crippen molar-refractivity contribution in [2.75, 3.05) is 0 Å². The van der Waals surface area contributed by atoms with Crippen molar-refractivity contribution >= 4 is 10.9 Å². The average Bonchev–Trinajstić information content (AvgIpc) is 1.38. The molecule has 5 heavy (non-hydrogen) atoms. The molecule has 5 heteroatoms. The molecule has 32 valence electrons. The van der Waals surface area contributed by atoms with Crippen LogP contribution in [0.15, 0.2) is 0 Å². The SMILES string of the molecule is NN[SH](=O)=O. The summed E-state index contributed by atoms with van der Waals surface area (Å²) in [6.45, 7) is 0. The van der Waals surface area contributed by atoms with Crippen molar-refractivity contribution in [2.45, 2.75) is 0 Å². The maximum absolute atomic E-state index is 9.17. The largest absolute Gasteiger partial charge is 0.258 e. The van der Waals surface area contributed by atoms with Crippen LogP contribution in [0.3, 0.4) is 0 Å². The van der Waals surface area contributed by atoms with Gasteiger partial charge in [0.25, 0.3) is 0 Å². The van der Waals surface area contributed by atoms with Gasteiger partial charge in [0.05, 0.1) is 0 Å². The van der Waals surface area contributed by atoms with Gasteiger partial charge in [0.2, 0.25) is 10.9 Å². The number of hydrogen-bond acceptors (Lipinski definition) is 3. The van der Waals surface area contributed by atoms with E-state index in [0.717, 1.165) is 0 Å². The monoisotopic (exact) mass is 96.0 g/mol. The number of rotatable bonds is 1. The summed E-state index contributed by atoms with van der Waals surface area (Å²) < 4.78 is 18.3. The molecule has 0 unspecified atom stereocenters. The zero-order valence-corrected chi connectivity index (χ0v) is 3.24.